The topological polar surface area (TPSA) is 59.3 Å². The van der Waals surface area contributed by atoms with Gasteiger partial charge in [0.25, 0.3) is 0 Å². The Morgan fingerprint density at radius 3 is 2.61 bits per heavy atom. The van der Waals surface area contributed by atoms with Crippen LogP contribution in [0, 0.1) is 11.3 Å². The molecule has 0 atom stereocenters. The number of carbonyl (C=O) groups is 1. The summed E-state index contributed by atoms with van der Waals surface area (Å²) in [7, 11) is 0. The summed E-state index contributed by atoms with van der Waals surface area (Å²) in [6.45, 7) is 2.51. The summed E-state index contributed by atoms with van der Waals surface area (Å²) < 4.78 is 12.6. The maximum Gasteiger partial charge on any atom is 0.177 e. The van der Waals surface area contributed by atoms with Crippen molar-refractivity contribution in [1.82, 2.24) is 0 Å². The third kappa shape index (κ3) is 3.92. The SMILES string of the molecule is CCOc1cc(C=O)c(Br)c(Br)c1OCc1ccccc1C#N. The van der Waals surface area contributed by atoms with E-state index in [2.05, 4.69) is 37.9 Å². The Labute approximate surface area is 151 Å². The molecular weight excluding hydrogens is 426 g/mol. The summed E-state index contributed by atoms with van der Waals surface area (Å²) >= 11 is 6.79. The highest BCUT2D eigenvalue weighted by molar-refractivity contribution is 9.13. The molecule has 0 aliphatic rings. The Balaban J connectivity index is 2.37. The highest BCUT2D eigenvalue weighted by Gasteiger charge is 2.17. The summed E-state index contributed by atoms with van der Waals surface area (Å²) in [5.41, 5.74) is 1.80. The largest absolute Gasteiger partial charge is 0.490 e. The number of hydrogen-bond acceptors (Lipinski definition) is 4. The summed E-state index contributed by atoms with van der Waals surface area (Å²) in [4.78, 5) is 11.1. The lowest BCUT2D eigenvalue weighted by Crippen LogP contribution is -2.03. The zero-order chi connectivity index (χ0) is 16.8. The van der Waals surface area contributed by atoms with Crippen molar-refractivity contribution >= 4 is 38.1 Å². The number of rotatable bonds is 6. The number of hydrogen-bond donors (Lipinski definition) is 0. The van der Waals surface area contributed by atoms with Crippen LogP contribution >= 0.6 is 31.9 Å². The van der Waals surface area contributed by atoms with Gasteiger partial charge in [0.1, 0.15) is 6.61 Å². The Kier molecular flexibility index (Phi) is 6.20. The van der Waals surface area contributed by atoms with Crippen LogP contribution in [0.2, 0.25) is 0 Å². The van der Waals surface area contributed by atoms with E-state index in [1.54, 1.807) is 18.2 Å². The summed E-state index contributed by atoms with van der Waals surface area (Å²) in [6, 6.07) is 11.0. The maximum atomic E-state index is 11.1. The fourth-order valence-corrected chi connectivity index (χ4v) is 2.92. The van der Waals surface area contributed by atoms with Gasteiger partial charge < -0.3 is 9.47 Å². The molecular formula is C17H13Br2NO3. The lowest BCUT2D eigenvalue weighted by Gasteiger charge is -2.16. The fraction of sp³-hybridized carbons (Fsp3) is 0.176. The molecule has 0 aliphatic carbocycles. The Morgan fingerprint density at radius 1 is 1.22 bits per heavy atom. The number of nitriles is 1. The molecule has 0 heterocycles. The average molecular weight is 439 g/mol. The van der Waals surface area contributed by atoms with Crippen LogP contribution in [0.25, 0.3) is 0 Å². The quantitative estimate of drug-likeness (QED) is 0.603. The predicted molar refractivity (Wildman–Crippen MR) is 93.9 cm³/mol. The molecule has 0 unspecified atom stereocenters. The van der Waals surface area contributed by atoms with Gasteiger partial charge in [0.2, 0.25) is 0 Å². The molecule has 0 saturated carbocycles. The number of aldehydes is 1. The van der Waals surface area contributed by atoms with Crippen molar-refractivity contribution in [2.45, 2.75) is 13.5 Å². The van der Waals surface area contributed by atoms with Gasteiger partial charge in [-0.1, -0.05) is 18.2 Å². The van der Waals surface area contributed by atoms with Crippen LogP contribution < -0.4 is 9.47 Å². The molecule has 4 nitrogen and oxygen atoms in total. The van der Waals surface area contributed by atoms with Crippen molar-refractivity contribution in [2.75, 3.05) is 6.61 Å². The molecule has 0 saturated heterocycles. The van der Waals surface area contributed by atoms with Crippen LogP contribution in [0.5, 0.6) is 11.5 Å². The minimum atomic E-state index is 0.218. The van der Waals surface area contributed by atoms with Crippen molar-refractivity contribution in [3.05, 3.63) is 56.0 Å². The molecule has 0 bridgehead atoms. The van der Waals surface area contributed by atoms with Crippen molar-refractivity contribution in [1.29, 1.82) is 5.26 Å². The van der Waals surface area contributed by atoms with Crippen LogP contribution in [0.3, 0.4) is 0 Å². The first-order valence-electron chi connectivity index (χ1n) is 6.83. The first-order chi connectivity index (χ1) is 11.1. The van der Waals surface area contributed by atoms with Crippen molar-refractivity contribution in [2.24, 2.45) is 0 Å². The molecule has 0 aliphatic heterocycles. The van der Waals surface area contributed by atoms with E-state index in [1.807, 2.05) is 19.1 Å². The molecule has 0 radical (unpaired) electrons. The summed E-state index contributed by atoms with van der Waals surface area (Å²) in [5.74, 6) is 0.955. The second kappa shape index (κ2) is 8.14. The number of carbonyl (C=O) groups excluding carboxylic acids is 1. The Hall–Kier alpha value is -1.84. The zero-order valence-electron chi connectivity index (χ0n) is 12.3. The lowest BCUT2D eigenvalue weighted by molar-refractivity contribution is 0.112. The van der Waals surface area contributed by atoms with Gasteiger partial charge >= 0.3 is 0 Å². The number of halogens is 2. The van der Waals surface area contributed by atoms with E-state index in [4.69, 9.17) is 14.7 Å². The molecule has 0 N–H and O–H groups in total. The van der Waals surface area contributed by atoms with E-state index < -0.39 is 0 Å². The normalized spacial score (nSPS) is 10.0. The van der Waals surface area contributed by atoms with Crippen LogP contribution in [-0.4, -0.2) is 12.9 Å². The zero-order valence-corrected chi connectivity index (χ0v) is 15.5. The molecule has 23 heavy (non-hydrogen) atoms. The Morgan fingerprint density at radius 2 is 1.96 bits per heavy atom. The first-order valence-corrected chi connectivity index (χ1v) is 8.41. The van der Waals surface area contributed by atoms with E-state index in [1.165, 1.54) is 0 Å². The van der Waals surface area contributed by atoms with Crippen LogP contribution in [0.15, 0.2) is 39.3 Å². The molecule has 6 heteroatoms. The third-order valence-corrected chi connectivity index (χ3v) is 5.24. The number of ether oxygens (including phenoxy) is 2. The molecule has 2 aromatic carbocycles. The summed E-state index contributed by atoms with van der Waals surface area (Å²) in [5, 5.41) is 9.14. The minimum absolute atomic E-state index is 0.218. The molecule has 2 rings (SSSR count). The minimum Gasteiger partial charge on any atom is -0.490 e. The molecule has 0 spiro atoms. The van der Waals surface area contributed by atoms with Gasteiger partial charge in [-0.3, -0.25) is 4.79 Å². The van der Waals surface area contributed by atoms with E-state index in [9.17, 15) is 4.79 Å². The fourth-order valence-electron chi connectivity index (χ4n) is 1.99. The van der Waals surface area contributed by atoms with E-state index in [-0.39, 0.29) is 6.61 Å². The first kappa shape index (κ1) is 17.5. The van der Waals surface area contributed by atoms with Crippen LogP contribution in [-0.2, 0) is 6.61 Å². The smallest absolute Gasteiger partial charge is 0.177 e. The second-order valence-electron chi connectivity index (χ2n) is 4.53. The maximum absolute atomic E-state index is 11.1. The van der Waals surface area contributed by atoms with Gasteiger partial charge in [-0.05, 0) is 50.9 Å². The van der Waals surface area contributed by atoms with Gasteiger partial charge in [0.05, 0.1) is 22.7 Å². The van der Waals surface area contributed by atoms with Gasteiger partial charge in [-0.15, -0.1) is 0 Å². The van der Waals surface area contributed by atoms with E-state index in [0.717, 1.165) is 11.8 Å². The lowest BCUT2D eigenvalue weighted by atomic mass is 10.1. The summed E-state index contributed by atoms with van der Waals surface area (Å²) in [6.07, 6.45) is 0.742. The highest BCUT2D eigenvalue weighted by Crippen LogP contribution is 2.42. The van der Waals surface area contributed by atoms with Crippen molar-refractivity contribution in [3.8, 4) is 17.6 Å². The van der Waals surface area contributed by atoms with E-state index >= 15 is 0 Å². The van der Waals surface area contributed by atoms with Crippen molar-refractivity contribution < 1.29 is 14.3 Å². The number of nitrogens with zero attached hydrogens (tertiary/aromatic N) is 1. The Bertz CT molecular complexity index is 769. The van der Waals surface area contributed by atoms with Crippen LogP contribution in [0.1, 0.15) is 28.4 Å². The second-order valence-corrected chi connectivity index (χ2v) is 6.12. The molecule has 118 valence electrons. The van der Waals surface area contributed by atoms with Gasteiger partial charge in [-0.2, -0.15) is 5.26 Å². The van der Waals surface area contributed by atoms with Crippen molar-refractivity contribution in [3.63, 3.8) is 0 Å². The average Bonchev–Trinajstić information content (AvgIpc) is 2.58. The predicted octanol–water partition coefficient (Wildman–Crippen LogP) is 4.87. The number of benzene rings is 2. The highest BCUT2D eigenvalue weighted by atomic mass is 79.9. The molecule has 0 aromatic heterocycles. The molecule has 0 amide bonds. The van der Waals surface area contributed by atoms with Crippen LogP contribution in [0.4, 0.5) is 0 Å². The molecule has 2 aromatic rings. The molecule has 0 fully saturated rings. The monoisotopic (exact) mass is 437 g/mol. The standard InChI is InChI=1S/C17H13Br2NO3/c1-2-22-14-7-13(9-21)15(18)16(19)17(14)23-10-12-6-4-3-5-11(12)8-20/h3-7,9H,2,10H2,1H3. The van der Waals surface area contributed by atoms with Gasteiger partial charge in [-0.25, -0.2) is 0 Å². The van der Waals surface area contributed by atoms with E-state index in [0.29, 0.717) is 38.2 Å². The van der Waals surface area contributed by atoms with Gasteiger partial charge in [0, 0.05) is 15.6 Å². The third-order valence-electron chi connectivity index (χ3n) is 3.09. The van der Waals surface area contributed by atoms with Gasteiger partial charge in [0.15, 0.2) is 17.8 Å².